The zero-order chi connectivity index (χ0) is 19.4. The van der Waals surface area contributed by atoms with Gasteiger partial charge in [0, 0.05) is 24.7 Å². The van der Waals surface area contributed by atoms with Crippen LogP contribution in [0.1, 0.15) is 6.42 Å². The molecule has 3 rings (SSSR count). The van der Waals surface area contributed by atoms with Gasteiger partial charge in [0.15, 0.2) is 0 Å². The molecule has 1 fully saturated rings. The van der Waals surface area contributed by atoms with Crippen LogP contribution in [0.25, 0.3) is 10.9 Å². The standard InChI is InChI=1S/C19H22N2O6/c22-12(9-21-8-6-13(18(23)24)15(10-21)19(25)26)11-27-17-5-1-4-16-14(17)3-2-7-20-16/h1-5,7,12-13,15,22H,6,8-11H2,(H,23,24)(H,25,26)/t12-,13-,15+/m1/s1. The Hall–Kier alpha value is -2.71. The monoisotopic (exact) mass is 374 g/mol. The van der Waals surface area contributed by atoms with Crippen LogP contribution in [0, 0.1) is 11.8 Å². The number of carboxylic acids is 2. The molecule has 3 atom stereocenters. The molecule has 3 N–H and O–H groups in total. The van der Waals surface area contributed by atoms with Gasteiger partial charge in [-0.25, -0.2) is 0 Å². The van der Waals surface area contributed by atoms with Crippen molar-refractivity contribution in [1.82, 2.24) is 9.88 Å². The van der Waals surface area contributed by atoms with Crippen LogP contribution in [-0.4, -0.2) is 69.5 Å². The summed E-state index contributed by atoms with van der Waals surface area (Å²) in [5.74, 6) is -3.46. The molecule has 0 bridgehead atoms. The lowest BCUT2D eigenvalue weighted by Crippen LogP contribution is -2.49. The number of carboxylic acid groups (broad SMARTS) is 2. The number of ether oxygens (including phenoxy) is 1. The normalized spacial score (nSPS) is 21.7. The molecule has 0 amide bonds. The number of likely N-dealkylation sites (tertiary alicyclic amines) is 1. The van der Waals surface area contributed by atoms with E-state index < -0.39 is 29.9 Å². The predicted molar refractivity (Wildman–Crippen MR) is 96.6 cm³/mol. The van der Waals surface area contributed by atoms with Gasteiger partial charge >= 0.3 is 11.9 Å². The molecule has 2 heterocycles. The SMILES string of the molecule is O=C(O)[C@H]1CN(C[C@@H](O)COc2cccc3ncccc23)CC[C@H]1C(=O)O. The number of fused-ring (bicyclic) bond motifs is 1. The molecular weight excluding hydrogens is 352 g/mol. The minimum atomic E-state index is -1.12. The highest BCUT2D eigenvalue weighted by atomic mass is 16.5. The van der Waals surface area contributed by atoms with E-state index in [9.17, 15) is 19.8 Å². The van der Waals surface area contributed by atoms with Crippen molar-refractivity contribution in [3.05, 3.63) is 36.5 Å². The molecule has 0 aliphatic carbocycles. The second-order valence-electron chi connectivity index (χ2n) is 6.73. The van der Waals surface area contributed by atoms with E-state index in [1.54, 1.807) is 17.2 Å². The first-order chi connectivity index (χ1) is 13.0. The number of benzene rings is 1. The van der Waals surface area contributed by atoms with Gasteiger partial charge in [0.2, 0.25) is 0 Å². The van der Waals surface area contributed by atoms with Crippen LogP contribution < -0.4 is 4.74 Å². The van der Waals surface area contributed by atoms with Gasteiger partial charge in [-0.15, -0.1) is 0 Å². The number of piperidine rings is 1. The summed E-state index contributed by atoms with van der Waals surface area (Å²) >= 11 is 0. The van der Waals surface area contributed by atoms with Crippen LogP contribution in [0.5, 0.6) is 5.75 Å². The average Bonchev–Trinajstić information content (AvgIpc) is 2.66. The third-order valence-corrected chi connectivity index (χ3v) is 4.84. The maximum absolute atomic E-state index is 11.4. The molecule has 1 aromatic carbocycles. The molecule has 1 aliphatic rings. The van der Waals surface area contributed by atoms with Gasteiger partial charge in [-0.05, 0) is 37.2 Å². The zero-order valence-corrected chi connectivity index (χ0v) is 14.7. The Kier molecular flexibility index (Phi) is 5.88. The number of aliphatic carboxylic acids is 2. The molecule has 8 heteroatoms. The predicted octanol–water partition coefficient (Wildman–Crippen LogP) is 1.08. The highest BCUT2D eigenvalue weighted by molar-refractivity contribution is 5.84. The largest absolute Gasteiger partial charge is 0.490 e. The summed E-state index contributed by atoms with van der Waals surface area (Å²) < 4.78 is 5.73. The molecule has 8 nitrogen and oxygen atoms in total. The van der Waals surface area contributed by atoms with Gasteiger partial charge in [0.1, 0.15) is 18.5 Å². The second-order valence-corrected chi connectivity index (χ2v) is 6.73. The Bertz CT molecular complexity index is 821. The number of aliphatic hydroxyl groups is 1. The van der Waals surface area contributed by atoms with E-state index in [4.69, 9.17) is 9.84 Å². The number of carbonyl (C=O) groups is 2. The van der Waals surface area contributed by atoms with E-state index in [0.717, 1.165) is 10.9 Å². The summed E-state index contributed by atoms with van der Waals surface area (Å²) in [4.78, 5) is 28.6. The maximum Gasteiger partial charge on any atom is 0.308 e. The Morgan fingerprint density at radius 3 is 2.70 bits per heavy atom. The number of aromatic nitrogens is 1. The van der Waals surface area contributed by atoms with Crippen LogP contribution in [-0.2, 0) is 9.59 Å². The van der Waals surface area contributed by atoms with Gasteiger partial charge in [-0.3, -0.25) is 19.5 Å². The summed E-state index contributed by atoms with van der Waals surface area (Å²) in [5.41, 5.74) is 0.796. The fourth-order valence-corrected chi connectivity index (χ4v) is 3.47. The van der Waals surface area contributed by atoms with E-state index in [-0.39, 0.29) is 26.1 Å². The molecule has 1 aromatic heterocycles. The molecule has 2 aromatic rings. The van der Waals surface area contributed by atoms with Crippen LogP contribution >= 0.6 is 0 Å². The summed E-state index contributed by atoms with van der Waals surface area (Å²) in [7, 11) is 0. The van der Waals surface area contributed by atoms with Crippen molar-refractivity contribution in [2.45, 2.75) is 12.5 Å². The van der Waals surface area contributed by atoms with Crippen molar-refractivity contribution in [1.29, 1.82) is 0 Å². The first kappa shape index (κ1) is 19.1. The van der Waals surface area contributed by atoms with Crippen molar-refractivity contribution >= 4 is 22.8 Å². The maximum atomic E-state index is 11.4. The molecule has 0 unspecified atom stereocenters. The van der Waals surface area contributed by atoms with Gasteiger partial charge in [-0.2, -0.15) is 0 Å². The second kappa shape index (κ2) is 8.32. The number of hydrogen-bond donors (Lipinski definition) is 3. The van der Waals surface area contributed by atoms with E-state index in [0.29, 0.717) is 12.3 Å². The fraction of sp³-hybridized carbons (Fsp3) is 0.421. The van der Waals surface area contributed by atoms with Crippen molar-refractivity contribution in [3.8, 4) is 5.75 Å². The molecule has 0 saturated carbocycles. The Labute approximate surface area is 156 Å². The molecular formula is C19H22N2O6. The van der Waals surface area contributed by atoms with Crippen LogP contribution in [0.4, 0.5) is 0 Å². The van der Waals surface area contributed by atoms with E-state index in [2.05, 4.69) is 4.98 Å². The minimum Gasteiger partial charge on any atom is -0.490 e. The van der Waals surface area contributed by atoms with Crippen molar-refractivity contribution < 1.29 is 29.6 Å². The van der Waals surface area contributed by atoms with Crippen molar-refractivity contribution in [2.75, 3.05) is 26.2 Å². The van der Waals surface area contributed by atoms with Crippen molar-refractivity contribution in [2.24, 2.45) is 11.8 Å². The molecule has 1 aliphatic heterocycles. The first-order valence-electron chi connectivity index (χ1n) is 8.78. The molecule has 1 saturated heterocycles. The first-order valence-corrected chi connectivity index (χ1v) is 8.78. The van der Waals surface area contributed by atoms with Crippen LogP contribution in [0.3, 0.4) is 0 Å². The van der Waals surface area contributed by atoms with Crippen molar-refractivity contribution in [3.63, 3.8) is 0 Å². The van der Waals surface area contributed by atoms with Crippen LogP contribution in [0.2, 0.25) is 0 Å². The van der Waals surface area contributed by atoms with Gasteiger partial charge in [-0.1, -0.05) is 6.07 Å². The smallest absolute Gasteiger partial charge is 0.308 e. The molecule has 0 radical (unpaired) electrons. The number of pyridine rings is 1. The summed E-state index contributed by atoms with van der Waals surface area (Å²) in [6.07, 6.45) is 1.11. The van der Waals surface area contributed by atoms with E-state index in [1.165, 1.54) is 0 Å². The van der Waals surface area contributed by atoms with Gasteiger partial charge in [0.25, 0.3) is 0 Å². The quantitative estimate of drug-likeness (QED) is 0.659. The van der Waals surface area contributed by atoms with Crippen LogP contribution in [0.15, 0.2) is 36.5 Å². The Morgan fingerprint density at radius 2 is 1.96 bits per heavy atom. The Morgan fingerprint density at radius 1 is 1.19 bits per heavy atom. The minimum absolute atomic E-state index is 0.0462. The number of rotatable bonds is 7. The highest BCUT2D eigenvalue weighted by Gasteiger charge is 2.39. The molecule has 27 heavy (non-hydrogen) atoms. The zero-order valence-electron chi connectivity index (χ0n) is 14.7. The summed E-state index contributed by atoms with van der Waals surface area (Å²) in [5, 5.41) is 29.6. The van der Waals surface area contributed by atoms with Gasteiger partial charge < -0.3 is 20.1 Å². The lowest BCUT2D eigenvalue weighted by molar-refractivity contribution is -0.157. The van der Waals surface area contributed by atoms with E-state index in [1.807, 2.05) is 24.3 Å². The third kappa shape index (κ3) is 4.53. The molecule has 0 spiro atoms. The van der Waals surface area contributed by atoms with Gasteiger partial charge in [0.05, 0.1) is 17.4 Å². The highest BCUT2D eigenvalue weighted by Crippen LogP contribution is 2.26. The fourth-order valence-electron chi connectivity index (χ4n) is 3.47. The average molecular weight is 374 g/mol. The molecule has 144 valence electrons. The number of hydrogen-bond acceptors (Lipinski definition) is 6. The lowest BCUT2D eigenvalue weighted by Gasteiger charge is -2.35. The summed E-state index contributed by atoms with van der Waals surface area (Å²) in [6, 6.07) is 9.19. The summed E-state index contributed by atoms with van der Waals surface area (Å²) in [6.45, 7) is 0.793. The third-order valence-electron chi connectivity index (χ3n) is 4.84. The number of nitrogens with zero attached hydrogens (tertiary/aromatic N) is 2. The number of aliphatic hydroxyl groups excluding tert-OH is 1. The topological polar surface area (TPSA) is 120 Å². The van der Waals surface area contributed by atoms with E-state index >= 15 is 0 Å². The Balaban J connectivity index is 1.57. The lowest BCUT2D eigenvalue weighted by atomic mass is 9.85. The number of β-amino-alcohol motifs (C(OH)–C–C–N with tert-alkyl or cyclic N) is 1.